The predicted molar refractivity (Wildman–Crippen MR) is 123 cm³/mol. The van der Waals surface area contributed by atoms with Crippen LogP contribution in [0.3, 0.4) is 0 Å². The maximum atomic E-state index is 13.6. The van der Waals surface area contributed by atoms with Crippen LogP contribution >= 0.6 is 0 Å². The third-order valence-electron chi connectivity index (χ3n) is 5.98. The van der Waals surface area contributed by atoms with Crippen molar-refractivity contribution in [3.8, 4) is 28.6 Å². The van der Waals surface area contributed by atoms with Gasteiger partial charge in [0.1, 0.15) is 5.75 Å². The molecule has 0 bridgehead atoms. The molecule has 0 aliphatic carbocycles. The topological polar surface area (TPSA) is 77.7 Å². The van der Waals surface area contributed by atoms with Crippen LogP contribution in [0.2, 0.25) is 0 Å². The molecule has 7 nitrogen and oxygen atoms in total. The van der Waals surface area contributed by atoms with Crippen molar-refractivity contribution < 1.29 is 45.1 Å². The average molecular weight is 543 g/mol. The number of anilines is 1. The number of benzene rings is 2. The van der Waals surface area contributed by atoms with Crippen LogP contribution in [-0.2, 0) is 22.1 Å². The van der Waals surface area contributed by atoms with Gasteiger partial charge in [0, 0.05) is 29.9 Å². The fourth-order valence-corrected chi connectivity index (χ4v) is 4.10. The number of alkyl halides is 6. The lowest BCUT2D eigenvalue weighted by Gasteiger charge is -2.20. The maximum Gasteiger partial charge on any atom is 0.425 e. The SMILES string of the molecule is CCOC(=O)CCN1CCc2c(-c3noc(-c4ccc(OC(C)C(F)(F)F)c(C(F)(F)F)c4)n3)cccc21. The highest BCUT2D eigenvalue weighted by Gasteiger charge is 2.41. The van der Waals surface area contributed by atoms with Crippen molar-refractivity contribution in [3.05, 3.63) is 47.5 Å². The number of hydrogen-bond acceptors (Lipinski definition) is 7. The monoisotopic (exact) mass is 543 g/mol. The van der Waals surface area contributed by atoms with Gasteiger partial charge in [0.2, 0.25) is 5.82 Å². The molecule has 38 heavy (non-hydrogen) atoms. The highest BCUT2D eigenvalue weighted by atomic mass is 19.4. The van der Waals surface area contributed by atoms with E-state index in [4.69, 9.17) is 9.26 Å². The van der Waals surface area contributed by atoms with Gasteiger partial charge in [0.15, 0.2) is 6.10 Å². The highest BCUT2D eigenvalue weighted by Crippen LogP contribution is 2.41. The summed E-state index contributed by atoms with van der Waals surface area (Å²) in [5.41, 5.74) is 0.851. The molecule has 2 heterocycles. The van der Waals surface area contributed by atoms with E-state index in [1.807, 2.05) is 11.0 Å². The number of carbonyl (C=O) groups excluding carboxylic acids is 1. The Balaban J connectivity index is 1.60. The summed E-state index contributed by atoms with van der Waals surface area (Å²) in [5.74, 6) is -1.36. The van der Waals surface area contributed by atoms with Crippen LogP contribution in [0.15, 0.2) is 40.9 Å². The lowest BCUT2D eigenvalue weighted by atomic mass is 10.0. The van der Waals surface area contributed by atoms with Crippen LogP contribution in [0.1, 0.15) is 31.4 Å². The summed E-state index contributed by atoms with van der Waals surface area (Å²) in [6.07, 6.45) is -11.4. The zero-order valence-corrected chi connectivity index (χ0v) is 20.3. The van der Waals surface area contributed by atoms with Crippen LogP contribution < -0.4 is 9.64 Å². The minimum absolute atomic E-state index is 0.133. The van der Waals surface area contributed by atoms with Crippen molar-refractivity contribution in [1.29, 1.82) is 0 Å². The number of rotatable bonds is 8. The van der Waals surface area contributed by atoms with E-state index >= 15 is 0 Å². The Morgan fingerprint density at radius 2 is 1.92 bits per heavy atom. The van der Waals surface area contributed by atoms with Gasteiger partial charge in [-0.05, 0) is 50.1 Å². The van der Waals surface area contributed by atoms with E-state index in [2.05, 4.69) is 14.9 Å². The molecule has 1 aromatic heterocycles. The van der Waals surface area contributed by atoms with Gasteiger partial charge < -0.3 is 18.9 Å². The van der Waals surface area contributed by atoms with E-state index in [1.165, 1.54) is 0 Å². The molecule has 0 saturated heterocycles. The Bertz CT molecular complexity index is 1300. The van der Waals surface area contributed by atoms with Gasteiger partial charge in [-0.3, -0.25) is 4.79 Å². The molecule has 4 rings (SSSR count). The van der Waals surface area contributed by atoms with Crippen LogP contribution in [0.5, 0.6) is 5.75 Å². The van der Waals surface area contributed by atoms with E-state index < -0.39 is 29.8 Å². The van der Waals surface area contributed by atoms with Crippen LogP contribution in [0.25, 0.3) is 22.8 Å². The molecule has 204 valence electrons. The molecule has 1 unspecified atom stereocenters. The summed E-state index contributed by atoms with van der Waals surface area (Å²) < 4.78 is 94.2. The standard InChI is InChI=1S/C25H23F6N3O4/c1-3-36-21(35)10-12-34-11-9-16-17(5-4-6-19(16)34)22-32-23(38-33-22)15-7-8-20(18(13-15)25(29,30)31)37-14(2)24(26,27)28/h4-8,13-14H,3,9-12H2,1-2H3. The summed E-state index contributed by atoms with van der Waals surface area (Å²) >= 11 is 0. The molecule has 0 amide bonds. The van der Waals surface area contributed by atoms with E-state index in [-0.39, 0.29) is 29.7 Å². The van der Waals surface area contributed by atoms with Crippen LogP contribution in [-0.4, -0.2) is 48.1 Å². The number of hydrogen-bond donors (Lipinski definition) is 0. The van der Waals surface area contributed by atoms with E-state index in [0.29, 0.717) is 44.7 Å². The van der Waals surface area contributed by atoms with E-state index in [0.717, 1.165) is 23.4 Å². The molecule has 2 aromatic carbocycles. The lowest BCUT2D eigenvalue weighted by Crippen LogP contribution is -2.31. The number of ether oxygens (including phenoxy) is 2. The number of halogens is 6. The van der Waals surface area contributed by atoms with E-state index in [9.17, 15) is 31.1 Å². The van der Waals surface area contributed by atoms with Crippen LogP contribution in [0.4, 0.5) is 32.0 Å². The third-order valence-corrected chi connectivity index (χ3v) is 5.98. The predicted octanol–water partition coefficient (Wildman–Crippen LogP) is 6.07. The first kappa shape index (κ1) is 27.3. The average Bonchev–Trinajstić information content (AvgIpc) is 3.49. The molecule has 0 spiro atoms. The first-order valence-electron chi connectivity index (χ1n) is 11.7. The second-order valence-corrected chi connectivity index (χ2v) is 8.53. The molecule has 1 atom stereocenters. The number of esters is 1. The Morgan fingerprint density at radius 1 is 1.16 bits per heavy atom. The van der Waals surface area contributed by atoms with Gasteiger partial charge in [-0.2, -0.15) is 31.3 Å². The zero-order chi connectivity index (χ0) is 27.7. The molecular formula is C25H23F6N3O4. The minimum Gasteiger partial charge on any atom is -0.481 e. The van der Waals surface area contributed by atoms with Gasteiger partial charge in [-0.1, -0.05) is 17.3 Å². The molecule has 3 aromatic rings. The molecule has 0 radical (unpaired) electrons. The van der Waals surface area contributed by atoms with E-state index in [1.54, 1.807) is 19.1 Å². The normalized spacial score (nSPS) is 14.4. The van der Waals surface area contributed by atoms with Gasteiger partial charge in [-0.25, -0.2) is 0 Å². The summed E-state index contributed by atoms with van der Waals surface area (Å²) in [6, 6.07) is 7.93. The molecule has 1 aliphatic heterocycles. The van der Waals surface area contributed by atoms with Crippen molar-refractivity contribution >= 4 is 11.7 Å². The Labute approximate surface area is 213 Å². The lowest BCUT2D eigenvalue weighted by molar-refractivity contribution is -0.191. The molecule has 13 heteroatoms. The van der Waals surface area contributed by atoms with Gasteiger partial charge in [-0.15, -0.1) is 0 Å². The summed E-state index contributed by atoms with van der Waals surface area (Å²) in [5, 5.41) is 3.92. The van der Waals surface area contributed by atoms with Crippen molar-refractivity contribution in [2.24, 2.45) is 0 Å². The fourth-order valence-electron chi connectivity index (χ4n) is 4.10. The van der Waals surface area contributed by atoms with Crippen molar-refractivity contribution in [2.75, 3.05) is 24.6 Å². The Kier molecular flexibility index (Phi) is 7.56. The molecule has 0 fully saturated rings. The molecular weight excluding hydrogens is 520 g/mol. The van der Waals surface area contributed by atoms with Crippen molar-refractivity contribution in [1.82, 2.24) is 10.1 Å². The summed E-state index contributed by atoms with van der Waals surface area (Å²) in [4.78, 5) is 18.0. The van der Waals surface area contributed by atoms with Gasteiger partial charge >= 0.3 is 18.3 Å². The number of nitrogens with zero attached hydrogens (tertiary/aromatic N) is 3. The number of fused-ring (bicyclic) bond motifs is 1. The van der Waals surface area contributed by atoms with Crippen molar-refractivity contribution in [3.63, 3.8) is 0 Å². The van der Waals surface area contributed by atoms with Gasteiger partial charge in [0.05, 0.1) is 18.6 Å². The smallest absolute Gasteiger partial charge is 0.425 e. The minimum atomic E-state index is -4.99. The van der Waals surface area contributed by atoms with Gasteiger partial charge in [0.25, 0.3) is 5.89 Å². The first-order chi connectivity index (χ1) is 17.9. The van der Waals surface area contributed by atoms with Crippen molar-refractivity contribution in [2.45, 2.75) is 45.1 Å². The summed E-state index contributed by atoms with van der Waals surface area (Å²) in [7, 11) is 0. The fraction of sp³-hybridized carbons (Fsp3) is 0.400. The molecule has 1 aliphatic rings. The largest absolute Gasteiger partial charge is 0.481 e. The van der Waals surface area contributed by atoms with Crippen LogP contribution in [0, 0.1) is 0 Å². The molecule has 0 saturated carbocycles. The Morgan fingerprint density at radius 3 is 2.61 bits per heavy atom. The second-order valence-electron chi connectivity index (χ2n) is 8.53. The first-order valence-corrected chi connectivity index (χ1v) is 11.7. The maximum absolute atomic E-state index is 13.6. The Hall–Kier alpha value is -3.77. The zero-order valence-electron chi connectivity index (χ0n) is 20.3. The second kappa shape index (κ2) is 10.5. The number of carbonyl (C=O) groups is 1. The summed E-state index contributed by atoms with van der Waals surface area (Å²) in [6.45, 7) is 3.74. The third kappa shape index (κ3) is 5.86. The highest BCUT2D eigenvalue weighted by molar-refractivity contribution is 5.75. The molecule has 0 N–H and O–H groups in total. The number of aromatic nitrogens is 2. The quantitative estimate of drug-likeness (QED) is 0.252.